The first kappa shape index (κ1) is 16.7. The highest BCUT2D eigenvalue weighted by Crippen LogP contribution is 2.16. The fourth-order valence-corrected chi connectivity index (χ4v) is 2.22. The van der Waals surface area contributed by atoms with E-state index in [-0.39, 0.29) is 12.8 Å². The second kappa shape index (κ2) is 7.54. The van der Waals surface area contributed by atoms with Crippen molar-refractivity contribution in [2.24, 2.45) is 5.92 Å². The van der Waals surface area contributed by atoms with E-state index >= 15 is 0 Å². The third-order valence-electron chi connectivity index (χ3n) is 3.51. The van der Waals surface area contributed by atoms with Gasteiger partial charge < -0.3 is 10.4 Å². The zero-order chi connectivity index (χ0) is 16.8. The lowest BCUT2D eigenvalue weighted by Gasteiger charge is -2.13. The number of benzene rings is 2. The minimum Gasteiger partial charge on any atom is -0.481 e. The molecule has 0 heterocycles. The fraction of sp³-hybridized carbons (Fsp3) is 0.222. The summed E-state index contributed by atoms with van der Waals surface area (Å²) in [7, 11) is 0. The van der Waals surface area contributed by atoms with E-state index in [0.717, 1.165) is 11.1 Å². The first-order valence-electron chi connectivity index (χ1n) is 7.28. The molecule has 0 aliphatic rings. The predicted molar refractivity (Wildman–Crippen MR) is 85.7 cm³/mol. The summed E-state index contributed by atoms with van der Waals surface area (Å²) < 4.78 is 12.8. The van der Waals surface area contributed by atoms with Crippen LogP contribution in [0.5, 0.6) is 0 Å². The van der Waals surface area contributed by atoms with Crippen LogP contribution in [0.15, 0.2) is 48.5 Å². The number of carbonyl (C=O) groups is 2. The van der Waals surface area contributed by atoms with Crippen LogP contribution in [0.25, 0.3) is 0 Å². The summed E-state index contributed by atoms with van der Waals surface area (Å²) in [4.78, 5) is 23.4. The summed E-state index contributed by atoms with van der Waals surface area (Å²) in [5.41, 5.74) is 2.41. The van der Waals surface area contributed by atoms with Crippen molar-refractivity contribution >= 4 is 17.6 Å². The number of anilines is 1. The quantitative estimate of drug-likeness (QED) is 0.858. The van der Waals surface area contributed by atoms with Crippen LogP contribution < -0.4 is 5.32 Å². The van der Waals surface area contributed by atoms with Crippen LogP contribution in [0.4, 0.5) is 10.1 Å². The van der Waals surface area contributed by atoms with Crippen LogP contribution in [-0.2, 0) is 16.0 Å². The Labute approximate surface area is 134 Å². The zero-order valence-corrected chi connectivity index (χ0v) is 12.8. The Hall–Kier alpha value is -2.69. The van der Waals surface area contributed by atoms with Gasteiger partial charge in [0.25, 0.3) is 0 Å². The topological polar surface area (TPSA) is 66.4 Å². The third-order valence-corrected chi connectivity index (χ3v) is 3.51. The van der Waals surface area contributed by atoms with Gasteiger partial charge in [-0.25, -0.2) is 4.39 Å². The van der Waals surface area contributed by atoms with Gasteiger partial charge >= 0.3 is 5.97 Å². The van der Waals surface area contributed by atoms with E-state index < -0.39 is 23.6 Å². The molecule has 1 atom stereocenters. The molecular formula is C18H18FNO3. The fourth-order valence-electron chi connectivity index (χ4n) is 2.22. The van der Waals surface area contributed by atoms with Crippen molar-refractivity contribution in [2.45, 2.75) is 19.8 Å². The van der Waals surface area contributed by atoms with Gasteiger partial charge in [-0.1, -0.05) is 29.8 Å². The number of amides is 1. The van der Waals surface area contributed by atoms with E-state index in [2.05, 4.69) is 5.32 Å². The average molecular weight is 315 g/mol. The molecule has 0 spiro atoms. The van der Waals surface area contributed by atoms with Crippen molar-refractivity contribution in [1.29, 1.82) is 0 Å². The monoisotopic (exact) mass is 315 g/mol. The summed E-state index contributed by atoms with van der Waals surface area (Å²) in [6, 6.07) is 12.9. The van der Waals surface area contributed by atoms with Gasteiger partial charge in [-0.2, -0.15) is 0 Å². The van der Waals surface area contributed by atoms with Crippen LogP contribution in [0.1, 0.15) is 17.5 Å². The largest absolute Gasteiger partial charge is 0.481 e. The van der Waals surface area contributed by atoms with Crippen molar-refractivity contribution in [1.82, 2.24) is 0 Å². The molecule has 0 radical (unpaired) electrons. The summed E-state index contributed by atoms with van der Waals surface area (Å²) in [6.07, 6.45) is 0.146. The Balaban J connectivity index is 1.98. The van der Waals surface area contributed by atoms with Crippen molar-refractivity contribution in [2.75, 3.05) is 5.32 Å². The van der Waals surface area contributed by atoms with E-state index in [1.807, 2.05) is 31.2 Å². The molecular weight excluding hydrogens is 297 g/mol. The van der Waals surface area contributed by atoms with Crippen LogP contribution >= 0.6 is 0 Å². The molecule has 23 heavy (non-hydrogen) atoms. The second-order valence-electron chi connectivity index (χ2n) is 5.48. The number of rotatable bonds is 6. The molecule has 0 saturated heterocycles. The second-order valence-corrected chi connectivity index (χ2v) is 5.48. The Bertz CT molecular complexity index is 680. The van der Waals surface area contributed by atoms with E-state index in [9.17, 15) is 19.1 Å². The Kier molecular flexibility index (Phi) is 5.46. The molecule has 120 valence electrons. The molecule has 2 rings (SSSR count). The van der Waals surface area contributed by atoms with Gasteiger partial charge in [0.1, 0.15) is 5.82 Å². The van der Waals surface area contributed by atoms with Gasteiger partial charge in [-0.05, 0) is 43.2 Å². The molecule has 1 amide bonds. The molecule has 0 aliphatic carbocycles. The Morgan fingerprint density at radius 3 is 2.26 bits per heavy atom. The van der Waals surface area contributed by atoms with Crippen molar-refractivity contribution in [3.8, 4) is 0 Å². The number of nitrogens with one attached hydrogen (secondary N) is 1. The van der Waals surface area contributed by atoms with Gasteiger partial charge in [0, 0.05) is 12.1 Å². The summed E-state index contributed by atoms with van der Waals surface area (Å²) in [5.74, 6) is -2.63. The number of hydrogen-bond donors (Lipinski definition) is 2. The van der Waals surface area contributed by atoms with Crippen LogP contribution in [0.3, 0.4) is 0 Å². The minimum atomic E-state index is -1.01. The number of hydrogen-bond acceptors (Lipinski definition) is 2. The molecule has 0 aliphatic heterocycles. The standard InChI is InChI=1S/C18H18FNO3/c1-12-2-4-13(5-3-12)10-14(18(22)23)11-17(21)20-16-8-6-15(19)7-9-16/h2-9,14H,10-11H2,1H3,(H,20,21)(H,22,23)/t14-/m1/s1. The van der Waals surface area contributed by atoms with Crippen LogP contribution in [-0.4, -0.2) is 17.0 Å². The molecule has 2 aromatic carbocycles. The first-order valence-corrected chi connectivity index (χ1v) is 7.28. The van der Waals surface area contributed by atoms with E-state index in [0.29, 0.717) is 5.69 Å². The molecule has 2 aromatic rings. The van der Waals surface area contributed by atoms with E-state index in [1.54, 1.807) is 0 Å². The van der Waals surface area contributed by atoms with Gasteiger partial charge in [0.05, 0.1) is 5.92 Å². The first-order chi connectivity index (χ1) is 10.9. The maximum atomic E-state index is 12.8. The lowest BCUT2D eigenvalue weighted by molar-refractivity contribution is -0.143. The number of carboxylic acids is 1. The number of carboxylic acid groups (broad SMARTS) is 1. The highest BCUT2D eigenvalue weighted by atomic mass is 19.1. The third kappa shape index (κ3) is 5.21. The van der Waals surface area contributed by atoms with Gasteiger partial charge in [0.15, 0.2) is 0 Å². The number of aliphatic carboxylic acids is 1. The van der Waals surface area contributed by atoms with Crippen molar-refractivity contribution < 1.29 is 19.1 Å². The van der Waals surface area contributed by atoms with E-state index in [1.165, 1.54) is 24.3 Å². The molecule has 0 fully saturated rings. The number of halogens is 1. The molecule has 0 bridgehead atoms. The van der Waals surface area contributed by atoms with Crippen molar-refractivity contribution in [3.05, 3.63) is 65.5 Å². The van der Waals surface area contributed by atoms with Gasteiger partial charge in [0.2, 0.25) is 5.91 Å². The molecule has 4 nitrogen and oxygen atoms in total. The van der Waals surface area contributed by atoms with Gasteiger partial charge in [-0.3, -0.25) is 9.59 Å². The Morgan fingerprint density at radius 2 is 1.70 bits per heavy atom. The minimum absolute atomic E-state index is 0.138. The SMILES string of the molecule is Cc1ccc(C[C@H](CC(=O)Nc2ccc(F)cc2)C(=O)O)cc1. The number of aryl methyl sites for hydroxylation is 1. The lowest BCUT2D eigenvalue weighted by atomic mass is 9.95. The average Bonchev–Trinajstić information content (AvgIpc) is 2.51. The maximum absolute atomic E-state index is 12.8. The summed E-state index contributed by atoms with van der Waals surface area (Å²) >= 11 is 0. The van der Waals surface area contributed by atoms with Crippen LogP contribution in [0.2, 0.25) is 0 Å². The highest BCUT2D eigenvalue weighted by Gasteiger charge is 2.21. The summed E-state index contributed by atoms with van der Waals surface area (Å²) in [6.45, 7) is 1.95. The highest BCUT2D eigenvalue weighted by molar-refractivity contribution is 5.93. The normalized spacial score (nSPS) is 11.7. The van der Waals surface area contributed by atoms with Gasteiger partial charge in [-0.15, -0.1) is 0 Å². The van der Waals surface area contributed by atoms with Crippen molar-refractivity contribution in [3.63, 3.8) is 0 Å². The zero-order valence-electron chi connectivity index (χ0n) is 12.8. The number of carbonyl (C=O) groups excluding carboxylic acids is 1. The predicted octanol–water partition coefficient (Wildman–Crippen LogP) is 3.41. The molecule has 0 saturated carbocycles. The smallest absolute Gasteiger partial charge is 0.307 e. The maximum Gasteiger partial charge on any atom is 0.307 e. The van der Waals surface area contributed by atoms with E-state index in [4.69, 9.17) is 0 Å². The molecule has 2 N–H and O–H groups in total. The lowest BCUT2D eigenvalue weighted by Crippen LogP contribution is -2.24. The Morgan fingerprint density at radius 1 is 1.09 bits per heavy atom. The van der Waals surface area contributed by atoms with Crippen LogP contribution in [0, 0.1) is 18.7 Å². The summed E-state index contributed by atoms with van der Waals surface area (Å²) in [5, 5.41) is 11.9. The molecule has 5 heteroatoms. The molecule has 0 aromatic heterocycles. The molecule has 0 unspecified atom stereocenters.